The van der Waals surface area contributed by atoms with E-state index in [2.05, 4.69) is 18.3 Å². The van der Waals surface area contributed by atoms with Gasteiger partial charge < -0.3 is 5.32 Å². The van der Waals surface area contributed by atoms with Gasteiger partial charge in [-0.1, -0.05) is 0 Å². The average Bonchev–Trinajstić information content (AvgIpc) is 3.32. The van der Waals surface area contributed by atoms with Crippen molar-refractivity contribution in [2.24, 2.45) is 11.8 Å². The Balaban J connectivity index is 2.14. The molecule has 100 valence electrons. The van der Waals surface area contributed by atoms with Crippen molar-refractivity contribution in [1.82, 2.24) is 5.32 Å². The van der Waals surface area contributed by atoms with Crippen LogP contribution in [0.1, 0.15) is 39.0 Å². The van der Waals surface area contributed by atoms with Crippen molar-refractivity contribution in [3.63, 3.8) is 0 Å². The third-order valence-electron chi connectivity index (χ3n) is 4.67. The molecule has 1 atom stereocenters. The lowest BCUT2D eigenvalue weighted by Crippen LogP contribution is -2.48. The number of nitrogens with one attached hydrogen (secondary N) is 1. The fraction of sp³-hybridized carbons (Fsp3) is 0.562. The van der Waals surface area contributed by atoms with Crippen LogP contribution in [0, 0.1) is 45.8 Å². The molecule has 1 N–H and O–H groups in total. The van der Waals surface area contributed by atoms with Crippen LogP contribution in [0.25, 0.3) is 0 Å². The fourth-order valence-corrected chi connectivity index (χ4v) is 3.24. The van der Waals surface area contributed by atoms with Crippen molar-refractivity contribution in [3.05, 3.63) is 22.4 Å². The summed E-state index contributed by atoms with van der Waals surface area (Å²) >= 11 is 0. The highest BCUT2D eigenvalue weighted by molar-refractivity contribution is 5.58. The molecule has 0 aromatic heterocycles. The van der Waals surface area contributed by atoms with Crippen molar-refractivity contribution in [3.8, 4) is 18.2 Å². The third-order valence-corrected chi connectivity index (χ3v) is 4.67. The van der Waals surface area contributed by atoms with Gasteiger partial charge in [-0.05, 0) is 56.4 Å². The van der Waals surface area contributed by atoms with Crippen LogP contribution in [-0.2, 0) is 0 Å². The summed E-state index contributed by atoms with van der Waals surface area (Å²) < 4.78 is 0. The van der Waals surface area contributed by atoms with Gasteiger partial charge in [0, 0.05) is 5.54 Å². The Kier molecular flexibility index (Phi) is 2.81. The molecule has 1 heterocycles. The summed E-state index contributed by atoms with van der Waals surface area (Å²) in [6, 6.07) is 6.10. The molecule has 4 heteroatoms. The Morgan fingerprint density at radius 3 is 2.25 bits per heavy atom. The van der Waals surface area contributed by atoms with Crippen LogP contribution in [0.2, 0.25) is 0 Å². The summed E-state index contributed by atoms with van der Waals surface area (Å²) in [6.45, 7) is 2.16. The molecule has 0 spiro atoms. The Morgan fingerprint density at radius 1 is 1.15 bits per heavy atom. The lowest BCUT2D eigenvalue weighted by molar-refractivity contribution is 0.321. The van der Waals surface area contributed by atoms with Gasteiger partial charge in [0.05, 0.1) is 11.3 Å². The molecule has 4 nitrogen and oxygen atoms in total. The largest absolute Gasteiger partial charge is 0.377 e. The van der Waals surface area contributed by atoms with Crippen LogP contribution in [-0.4, -0.2) is 5.54 Å². The Labute approximate surface area is 119 Å². The van der Waals surface area contributed by atoms with E-state index in [0.717, 1.165) is 19.3 Å². The van der Waals surface area contributed by atoms with Gasteiger partial charge in [-0.25, -0.2) is 0 Å². The Hall–Kier alpha value is -2.25. The maximum atomic E-state index is 9.47. The van der Waals surface area contributed by atoms with E-state index >= 15 is 0 Å². The number of rotatable bonds is 2. The van der Waals surface area contributed by atoms with E-state index < -0.39 is 0 Å². The molecular weight excluding hydrogens is 248 g/mol. The lowest BCUT2D eigenvalue weighted by atomic mass is 9.79. The normalized spacial score (nSPS) is 29.0. The summed E-state index contributed by atoms with van der Waals surface area (Å²) in [5, 5.41) is 31.1. The highest BCUT2D eigenvalue weighted by Crippen LogP contribution is 2.51. The second-order valence-corrected chi connectivity index (χ2v) is 6.25. The minimum atomic E-state index is -0.105. The minimum absolute atomic E-state index is 0.0336. The molecule has 20 heavy (non-hydrogen) atoms. The number of hydrogen-bond donors (Lipinski definition) is 1. The van der Waals surface area contributed by atoms with Gasteiger partial charge in [0.1, 0.15) is 18.2 Å². The molecule has 1 aliphatic heterocycles. The molecule has 2 saturated carbocycles. The van der Waals surface area contributed by atoms with Gasteiger partial charge in [-0.2, -0.15) is 15.8 Å². The fourth-order valence-electron chi connectivity index (χ4n) is 3.24. The number of nitrogens with zero attached hydrogens (tertiary/aromatic N) is 3. The third kappa shape index (κ3) is 1.97. The highest BCUT2D eigenvalue weighted by Gasteiger charge is 2.48. The quantitative estimate of drug-likeness (QED) is 0.777. The maximum Gasteiger partial charge on any atom is 0.154 e. The van der Waals surface area contributed by atoms with Gasteiger partial charge >= 0.3 is 0 Å². The van der Waals surface area contributed by atoms with Crippen LogP contribution in [0.4, 0.5) is 0 Å². The van der Waals surface area contributed by atoms with E-state index in [-0.39, 0.29) is 11.1 Å². The van der Waals surface area contributed by atoms with Gasteiger partial charge in [-0.15, -0.1) is 0 Å². The van der Waals surface area contributed by atoms with Crippen molar-refractivity contribution in [1.29, 1.82) is 15.8 Å². The summed E-state index contributed by atoms with van der Waals surface area (Å²) in [6.07, 6.45) is 5.50. The van der Waals surface area contributed by atoms with Crippen molar-refractivity contribution < 1.29 is 0 Å². The van der Waals surface area contributed by atoms with E-state index in [0.29, 0.717) is 23.1 Å². The first-order chi connectivity index (χ1) is 9.62. The van der Waals surface area contributed by atoms with Gasteiger partial charge in [-0.3, -0.25) is 0 Å². The second-order valence-electron chi connectivity index (χ2n) is 6.25. The molecule has 0 aromatic rings. The van der Waals surface area contributed by atoms with Crippen LogP contribution >= 0.6 is 0 Å². The van der Waals surface area contributed by atoms with Gasteiger partial charge in [0.2, 0.25) is 0 Å². The smallest absolute Gasteiger partial charge is 0.154 e. The minimum Gasteiger partial charge on any atom is -0.377 e. The van der Waals surface area contributed by atoms with E-state index in [1.807, 2.05) is 12.1 Å². The zero-order valence-corrected chi connectivity index (χ0v) is 11.5. The standard InChI is InChI=1S/C16H16N4/c1-16(12-4-5-12)6-13(10-2-3-10)14(9-19)15(20-16)11(7-17)8-18/h10,12,20H,2-6H2,1H3/t16-/m0/s1. The number of nitriles is 3. The van der Waals surface area contributed by atoms with Gasteiger partial charge in [0.25, 0.3) is 0 Å². The van der Waals surface area contributed by atoms with Crippen molar-refractivity contribution in [2.75, 3.05) is 0 Å². The first-order valence-electron chi connectivity index (χ1n) is 7.09. The zero-order valence-electron chi connectivity index (χ0n) is 11.5. The topological polar surface area (TPSA) is 83.4 Å². The van der Waals surface area contributed by atoms with Crippen molar-refractivity contribution in [2.45, 2.75) is 44.6 Å². The summed E-state index contributed by atoms with van der Waals surface area (Å²) in [7, 11) is 0. The SMILES string of the molecule is C[C@@]1(C2CC2)CC(C2CC2)=C(C#N)C(=C(C#N)C#N)N1. The molecule has 0 radical (unpaired) electrons. The summed E-state index contributed by atoms with van der Waals surface area (Å²) in [4.78, 5) is 0. The van der Waals surface area contributed by atoms with Gasteiger partial charge in [0.15, 0.2) is 5.57 Å². The van der Waals surface area contributed by atoms with E-state index in [1.54, 1.807) is 0 Å². The Morgan fingerprint density at radius 2 is 1.80 bits per heavy atom. The van der Waals surface area contributed by atoms with Crippen LogP contribution < -0.4 is 5.32 Å². The number of hydrogen-bond acceptors (Lipinski definition) is 4. The molecule has 0 aromatic carbocycles. The van der Waals surface area contributed by atoms with E-state index in [9.17, 15) is 5.26 Å². The first kappa shape index (κ1) is 12.8. The molecule has 3 aliphatic rings. The van der Waals surface area contributed by atoms with Crippen LogP contribution in [0.5, 0.6) is 0 Å². The van der Waals surface area contributed by atoms with E-state index in [1.165, 1.54) is 18.4 Å². The lowest BCUT2D eigenvalue weighted by Gasteiger charge is -2.39. The van der Waals surface area contributed by atoms with Crippen LogP contribution in [0.3, 0.4) is 0 Å². The zero-order chi connectivity index (χ0) is 14.3. The maximum absolute atomic E-state index is 9.47. The second kappa shape index (κ2) is 4.39. The van der Waals surface area contributed by atoms with Crippen LogP contribution in [0.15, 0.2) is 22.4 Å². The highest BCUT2D eigenvalue weighted by atomic mass is 15.0. The summed E-state index contributed by atoms with van der Waals surface area (Å²) in [5.41, 5.74) is 2.11. The monoisotopic (exact) mass is 264 g/mol. The Bertz CT molecular complexity index is 625. The predicted molar refractivity (Wildman–Crippen MR) is 72.5 cm³/mol. The molecule has 2 aliphatic carbocycles. The molecule has 0 unspecified atom stereocenters. The predicted octanol–water partition coefficient (Wildman–Crippen LogP) is 2.68. The molecular formula is C16H16N4. The molecule has 3 rings (SSSR count). The summed E-state index contributed by atoms with van der Waals surface area (Å²) in [5.74, 6) is 1.07. The average molecular weight is 264 g/mol. The first-order valence-corrected chi connectivity index (χ1v) is 7.09. The molecule has 0 amide bonds. The molecule has 2 fully saturated rings. The number of allylic oxidation sites excluding steroid dienone is 2. The molecule has 0 bridgehead atoms. The molecule has 0 saturated heterocycles. The van der Waals surface area contributed by atoms with E-state index in [4.69, 9.17) is 10.5 Å². The van der Waals surface area contributed by atoms with Crippen molar-refractivity contribution >= 4 is 0 Å².